The van der Waals surface area contributed by atoms with Crippen LogP contribution in [0.3, 0.4) is 0 Å². The highest BCUT2D eigenvalue weighted by Crippen LogP contribution is 1.64. The van der Waals surface area contributed by atoms with Gasteiger partial charge in [-0.3, -0.25) is 0 Å². The van der Waals surface area contributed by atoms with Crippen molar-refractivity contribution in [1.82, 2.24) is 4.98 Å². The van der Waals surface area contributed by atoms with Crippen molar-refractivity contribution in [3.8, 4) is 0 Å². The molecule has 0 saturated heterocycles. The van der Waals surface area contributed by atoms with E-state index in [4.69, 9.17) is 0 Å². The molecule has 1 nitrogen and oxygen atoms in total. The normalized spacial score (nSPS) is 9.14. The lowest BCUT2D eigenvalue weighted by Gasteiger charge is -1.52. The van der Waals surface area contributed by atoms with Gasteiger partial charge in [0, 0.05) is 10.7 Å². The summed E-state index contributed by atoms with van der Waals surface area (Å²) in [6, 6.07) is 0. The molecule has 7 heavy (non-hydrogen) atoms. The van der Waals surface area contributed by atoms with Crippen LogP contribution in [0.15, 0.2) is 6.20 Å². The van der Waals surface area contributed by atoms with Crippen LogP contribution in [-0.2, 0) is 0 Å². The highest BCUT2D eigenvalue weighted by Gasteiger charge is 1.74. The quantitative estimate of drug-likeness (QED) is 0.458. The van der Waals surface area contributed by atoms with E-state index in [1.807, 2.05) is 0 Å². The van der Waals surface area contributed by atoms with Crippen molar-refractivity contribution < 1.29 is 0 Å². The van der Waals surface area contributed by atoms with Gasteiger partial charge in [-0.2, -0.15) is 0 Å². The number of aromatic nitrogens is 1. The van der Waals surface area contributed by atoms with Crippen LogP contribution in [0.1, 0.15) is 0 Å². The Morgan fingerprint density at radius 1 is 1.57 bits per heavy atom. The molecule has 0 fully saturated rings. The Hall–Kier alpha value is -0.630. The smallest absolute Gasteiger partial charge is 0.109 e. The monoisotopic (exact) mass is 111 g/mol. The summed E-state index contributed by atoms with van der Waals surface area (Å²) < 4.78 is 1.81. The first kappa shape index (κ1) is 4.53. The lowest BCUT2D eigenvalue weighted by molar-refractivity contribution is 1.36. The van der Waals surface area contributed by atoms with Crippen LogP contribution in [0, 0.1) is 0 Å². The van der Waals surface area contributed by atoms with E-state index in [1.165, 1.54) is 11.3 Å². The van der Waals surface area contributed by atoms with E-state index in [-0.39, 0.29) is 0 Å². The first-order chi connectivity index (χ1) is 3.29. The number of hydrogen-bond acceptors (Lipinski definition) is 2. The van der Waals surface area contributed by atoms with Crippen molar-refractivity contribution in [2.75, 3.05) is 0 Å². The summed E-state index contributed by atoms with van der Waals surface area (Å²) in [7, 11) is 0. The zero-order chi connectivity index (χ0) is 5.28. The molecule has 0 saturated carbocycles. The van der Waals surface area contributed by atoms with E-state index < -0.39 is 0 Å². The summed E-state index contributed by atoms with van der Waals surface area (Å²) >= 11 is 1.51. The molecule has 0 unspecified atom stereocenters. The second-order valence-corrected chi connectivity index (χ2v) is 2.42. The zero-order valence-corrected chi connectivity index (χ0v) is 4.66. The molecule has 1 aromatic heterocycles. The number of hydrogen-bond donors (Lipinski definition) is 0. The van der Waals surface area contributed by atoms with E-state index in [2.05, 4.69) is 18.1 Å². The Morgan fingerprint density at radius 2 is 2.29 bits per heavy atom. The van der Waals surface area contributed by atoms with Crippen molar-refractivity contribution >= 4 is 24.5 Å². The Labute approximate surface area is 45.6 Å². The van der Waals surface area contributed by atoms with Crippen LogP contribution >= 0.6 is 11.3 Å². The summed E-state index contributed by atoms with van der Waals surface area (Å²) in [6.45, 7) is 7.27. The lowest BCUT2D eigenvalue weighted by Crippen LogP contribution is -1.88. The largest absolute Gasteiger partial charge is 0.245 e. The molecule has 0 atom stereocenters. The van der Waals surface area contributed by atoms with Crippen molar-refractivity contribution in [2.45, 2.75) is 0 Å². The van der Waals surface area contributed by atoms with Gasteiger partial charge in [0.2, 0.25) is 0 Å². The predicted octanol–water partition coefficient (Wildman–Crippen LogP) is -0.0363. The molecule has 1 rings (SSSR count). The molecule has 2 heteroatoms. The molecule has 0 aliphatic rings. The average Bonchev–Trinajstić information content (AvgIpc) is 1.87. The van der Waals surface area contributed by atoms with Gasteiger partial charge in [-0.1, -0.05) is 13.2 Å². The van der Waals surface area contributed by atoms with E-state index in [0.717, 1.165) is 9.20 Å². The summed E-state index contributed by atoms with van der Waals surface area (Å²) in [4.78, 5) is 3.86. The molecule has 0 aliphatic carbocycles. The van der Waals surface area contributed by atoms with E-state index >= 15 is 0 Å². The molecule has 1 aromatic rings. The average molecular weight is 111 g/mol. The fraction of sp³-hybridized carbons (Fsp3) is 0. The van der Waals surface area contributed by atoms with Crippen molar-refractivity contribution in [3.63, 3.8) is 0 Å². The second-order valence-electron chi connectivity index (χ2n) is 1.22. The standard InChI is InChI=1S/C5H5NS/c1-4-3-6-5(2)7-4/h3H,1-2H2. The Morgan fingerprint density at radius 3 is 2.43 bits per heavy atom. The van der Waals surface area contributed by atoms with Gasteiger partial charge in [-0.15, -0.1) is 11.3 Å². The minimum absolute atomic E-state index is 0.838. The molecule has 36 valence electrons. The molecular weight excluding hydrogens is 106 g/mol. The Balaban J connectivity index is 3.59. The maximum Gasteiger partial charge on any atom is 0.109 e. The van der Waals surface area contributed by atoms with Gasteiger partial charge in [0.1, 0.15) is 4.66 Å². The molecule has 0 aromatic carbocycles. The topological polar surface area (TPSA) is 12.9 Å². The lowest BCUT2D eigenvalue weighted by atomic mass is 10.8. The van der Waals surface area contributed by atoms with Crippen molar-refractivity contribution in [3.05, 3.63) is 15.4 Å². The molecular formula is C5H5NS. The highest BCUT2D eigenvalue weighted by atomic mass is 32.1. The molecule has 0 aliphatic heterocycles. The maximum atomic E-state index is 3.86. The minimum atomic E-state index is 0.838. The van der Waals surface area contributed by atoms with Crippen LogP contribution in [0.5, 0.6) is 0 Å². The van der Waals surface area contributed by atoms with Gasteiger partial charge in [0.25, 0.3) is 0 Å². The van der Waals surface area contributed by atoms with Gasteiger partial charge in [-0.25, -0.2) is 4.98 Å². The van der Waals surface area contributed by atoms with Gasteiger partial charge >= 0.3 is 0 Å². The van der Waals surface area contributed by atoms with E-state index in [0.29, 0.717) is 0 Å². The van der Waals surface area contributed by atoms with Crippen LogP contribution < -0.4 is 9.20 Å². The molecule has 0 radical (unpaired) electrons. The van der Waals surface area contributed by atoms with Crippen LogP contribution in [0.4, 0.5) is 0 Å². The third-order valence-corrected chi connectivity index (χ3v) is 1.31. The van der Waals surface area contributed by atoms with E-state index in [1.54, 1.807) is 6.20 Å². The number of nitrogens with zero attached hydrogens (tertiary/aromatic N) is 1. The molecule has 0 N–H and O–H groups in total. The summed E-state index contributed by atoms with van der Waals surface area (Å²) in [5, 5.41) is 0. The Bertz CT molecular complexity index is 212. The zero-order valence-electron chi connectivity index (χ0n) is 3.85. The number of rotatable bonds is 0. The van der Waals surface area contributed by atoms with Gasteiger partial charge in [-0.05, 0) is 0 Å². The summed E-state index contributed by atoms with van der Waals surface area (Å²) in [5.74, 6) is 0. The fourth-order valence-corrected chi connectivity index (χ4v) is 0.861. The Kier molecular flexibility index (Phi) is 0.947. The predicted molar refractivity (Wildman–Crippen MR) is 32.4 cm³/mol. The molecule has 0 spiro atoms. The summed E-state index contributed by atoms with van der Waals surface area (Å²) in [6.07, 6.45) is 1.72. The van der Waals surface area contributed by atoms with Crippen LogP contribution in [0.2, 0.25) is 0 Å². The number of thiazole rings is 1. The van der Waals surface area contributed by atoms with Crippen LogP contribution in [0.25, 0.3) is 13.2 Å². The first-order valence-electron chi connectivity index (χ1n) is 1.89. The first-order valence-corrected chi connectivity index (χ1v) is 2.70. The third-order valence-electron chi connectivity index (χ3n) is 0.601. The summed E-state index contributed by atoms with van der Waals surface area (Å²) in [5.41, 5.74) is 0. The highest BCUT2D eigenvalue weighted by molar-refractivity contribution is 7.07. The SMILES string of the molecule is C=c1cnc(=C)s1. The second kappa shape index (κ2) is 1.46. The van der Waals surface area contributed by atoms with E-state index in [9.17, 15) is 0 Å². The third kappa shape index (κ3) is 0.871. The van der Waals surface area contributed by atoms with Crippen LogP contribution in [-0.4, -0.2) is 4.98 Å². The van der Waals surface area contributed by atoms with Crippen molar-refractivity contribution in [2.24, 2.45) is 0 Å². The van der Waals surface area contributed by atoms with Crippen molar-refractivity contribution in [1.29, 1.82) is 0 Å². The minimum Gasteiger partial charge on any atom is -0.245 e. The fourth-order valence-electron chi connectivity index (χ4n) is 0.348. The molecule has 1 heterocycles. The molecule has 0 amide bonds. The maximum absolute atomic E-state index is 3.86. The molecule has 0 bridgehead atoms. The van der Waals surface area contributed by atoms with Gasteiger partial charge in [0.05, 0.1) is 0 Å². The van der Waals surface area contributed by atoms with Gasteiger partial charge < -0.3 is 0 Å². The van der Waals surface area contributed by atoms with Gasteiger partial charge in [0.15, 0.2) is 0 Å².